The number of thiocarbonyl (C=S) groups is 1. The van der Waals surface area contributed by atoms with E-state index >= 15 is 0 Å². The highest BCUT2D eigenvalue weighted by molar-refractivity contribution is 7.80. The lowest BCUT2D eigenvalue weighted by molar-refractivity contribution is -0.384. The topological polar surface area (TPSA) is 79.6 Å². The molecule has 0 heterocycles. The lowest BCUT2D eigenvalue weighted by Gasteiger charge is -2.09. The molecule has 0 aliphatic rings. The van der Waals surface area contributed by atoms with Crippen LogP contribution in [0.25, 0.3) is 0 Å². The summed E-state index contributed by atoms with van der Waals surface area (Å²) in [6, 6.07) is 6.40. The van der Waals surface area contributed by atoms with E-state index in [1.165, 1.54) is 18.3 Å². The molecule has 18 heavy (non-hydrogen) atoms. The highest BCUT2D eigenvalue weighted by Crippen LogP contribution is 2.11. The first-order valence-corrected chi connectivity index (χ1v) is 5.74. The molecule has 0 aliphatic carbocycles. The summed E-state index contributed by atoms with van der Waals surface area (Å²) >= 11 is 4.97. The highest BCUT2D eigenvalue weighted by Gasteiger charge is 2.03. The third-order valence-electron chi connectivity index (χ3n) is 1.88. The SMILES string of the molecule is CC(C)NC(=S)N/N=C/c1cccc([N+](=O)[O-])c1. The summed E-state index contributed by atoms with van der Waals surface area (Å²) in [5, 5.41) is 17.8. The van der Waals surface area contributed by atoms with E-state index in [0.717, 1.165) is 0 Å². The second-order valence-corrected chi connectivity index (χ2v) is 4.26. The van der Waals surface area contributed by atoms with Crippen LogP contribution in [0.1, 0.15) is 19.4 Å². The van der Waals surface area contributed by atoms with Crippen molar-refractivity contribution in [2.45, 2.75) is 19.9 Å². The van der Waals surface area contributed by atoms with E-state index in [2.05, 4.69) is 15.8 Å². The summed E-state index contributed by atoms with van der Waals surface area (Å²) in [5.41, 5.74) is 3.29. The highest BCUT2D eigenvalue weighted by atomic mass is 32.1. The van der Waals surface area contributed by atoms with E-state index in [9.17, 15) is 10.1 Å². The molecule has 0 radical (unpaired) electrons. The number of nitro benzene ring substituents is 1. The molecule has 6 nitrogen and oxygen atoms in total. The van der Waals surface area contributed by atoms with Crippen LogP contribution in [-0.4, -0.2) is 22.3 Å². The summed E-state index contributed by atoms with van der Waals surface area (Å²) in [6.07, 6.45) is 1.47. The summed E-state index contributed by atoms with van der Waals surface area (Å²) in [4.78, 5) is 10.1. The number of nitrogens with one attached hydrogen (secondary N) is 2. The van der Waals surface area contributed by atoms with Crippen molar-refractivity contribution in [2.24, 2.45) is 5.10 Å². The molecule has 0 atom stereocenters. The molecular formula is C11H14N4O2S. The molecule has 0 aliphatic heterocycles. The molecule has 96 valence electrons. The maximum Gasteiger partial charge on any atom is 0.270 e. The average molecular weight is 266 g/mol. The second-order valence-electron chi connectivity index (χ2n) is 3.85. The van der Waals surface area contributed by atoms with Gasteiger partial charge in [0.05, 0.1) is 11.1 Å². The van der Waals surface area contributed by atoms with E-state index in [1.54, 1.807) is 12.1 Å². The van der Waals surface area contributed by atoms with Gasteiger partial charge in [0, 0.05) is 23.7 Å². The van der Waals surface area contributed by atoms with Crippen molar-refractivity contribution in [3.63, 3.8) is 0 Å². The monoisotopic (exact) mass is 266 g/mol. The number of nitrogens with zero attached hydrogens (tertiary/aromatic N) is 2. The fourth-order valence-electron chi connectivity index (χ4n) is 1.18. The van der Waals surface area contributed by atoms with E-state index in [1.807, 2.05) is 13.8 Å². The molecule has 0 spiro atoms. The Kier molecular flexibility index (Phi) is 5.19. The van der Waals surface area contributed by atoms with Gasteiger partial charge in [0.25, 0.3) is 5.69 Å². The van der Waals surface area contributed by atoms with E-state index in [4.69, 9.17) is 12.2 Å². The number of rotatable bonds is 4. The lowest BCUT2D eigenvalue weighted by Crippen LogP contribution is -2.36. The van der Waals surface area contributed by atoms with Crippen LogP contribution < -0.4 is 10.7 Å². The summed E-state index contributed by atoms with van der Waals surface area (Å²) in [6.45, 7) is 3.91. The van der Waals surface area contributed by atoms with Crippen molar-refractivity contribution in [3.8, 4) is 0 Å². The van der Waals surface area contributed by atoms with Crippen molar-refractivity contribution in [1.29, 1.82) is 0 Å². The predicted molar refractivity (Wildman–Crippen MR) is 74.7 cm³/mol. The largest absolute Gasteiger partial charge is 0.359 e. The predicted octanol–water partition coefficient (Wildman–Crippen LogP) is 1.80. The number of hydrogen-bond donors (Lipinski definition) is 2. The third-order valence-corrected chi connectivity index (χ3v) is 2.09. The number of benzene rings is 1. The zero-order valence-electron chi connectivity index (χ0n) is 10.1. The van der Waals surface area contributed by atoms with E-state index in [0.29, 0.717) is 10.7 Å². The molecule has 0 unspecified atom stereocenters. The van der Waals surface area contributed by atoms with Gasteiger partial charge in [-0.15, -0.1) is 0 Å². The third kappa shape index (κ3) is 4.88. The van der Waals surface area contributed by atoms with E-state index < -0.39 is 4.92 Å². The molecule has 2 N–H and O–H groups in total. The fraction of sp³-hybridized carbons (Fsp3) is 0.273. The smallest absolute Gasteiger partial charge is 0.270 e. The van der Waals surface area contributed by atoms with Gasteiger partial charge in [-0.05, 0) is 26.1 Å². The Bertz CT molecular complexity index is 474. The van der Waals surface area contributed by atoms with Crippen molar-refractivity contribution < 1.29 is 4.92 Å². The van der Waals surface area contributed by atoms with Crippen LogP contribution in [0.3, 0.4) is 0 Å². The molecule has 0 amide bonds. The Hall–Kier alpha value is -2.02. The minimum atomic E-state index is -0.449. The number of hydrogen-bond acceptors (Lipinski definition) is 4. The second kappa shape index (κ2) is 6.65. The van der Waals surface area contributed by atoms with Gasteiger partial charge < -0.3 is 5.32 Å². The van der Waals surface area contributed by atoms with Crippen LogP contribution in [-0.2, 0) is 0 Å². The minimum absolute atomic E-state index is 0.0295. The standard InChI is InChI=1S/C11H14N4O2S/c1-8(2)13-11(18)14-12-7-9-4-3-5-10(6-9)15(16)17/h3-8H,1-2H3,(H2,13,14,18)/b12-7+. The minimum Gasteiger partial charge on any atom is -0.359 e. The number of hydrazone groups is 1. The van der Waals surface area contributed by atoms with Crippen molar-refractivity contribution in [1.82, 2.24) is 10.7 Å². The molecule has 1 aromatic rings. The Morgan fingerprint density at radius 3 is 2.89 bits per heavy atom. The quantitative estimate of drug-likeness (QED) is 0.376. The molecular weight excluding hydrogens is 252 g/mol. The van der Waals surface area contributed by atoms with Crippen LogP contribution in [0, 0.1) is 10.1 Å². The zero-order chi connectivity index (χ0) is 13.5. The molecule has 0 aromatic heterocycles. The molecule has 1 aromatic carbocycles. The first-order chi connectivity index (χ1) is 8.49. The van der Waals surface area contributed by atoms with Crippen molar-refractivity contribution in [3.05, 3.63) is 39.9 Å². The first kappa shape index (κ1) is 14.0. The van der Waals surface area contributed by atoms with Gasteiger partial charge in [0.1, 0.15) is 0 Å². The van der Waals surface area contributed by atoms with Crippen LogP contribution in [0.5, 0.6) is 0 Å². The maximum atomic E-state index is 10.6. The molecule has 0 saturated heterocycles. The molecule has 1 rings (SSSR count). The van der Waals surface area contributed by atoms with Crippen LogP contribution >= 0.6 is 12.2 Å². The van der Waals surface area contributed by atoms with Crippen molar-refractivity contribution in [2.75, 3.05) is 0 Å². The zero-order valence-corrected chi connectivity index (χ0v) is 10.9. The Morgan fingerprint density at radius 1 is 1.56 bits per heavy atom. The molecule has 7 heteroatoms. The van der Waals surface area contributed by atoms with Crippen LogP contribution in [0.15, 0.2) is 29.4 Å². The average Bonchev–Trinajstić information content (AvgIpc) is 2.28. The van der Waals surface area contributed by atoms with Gasteiger partial charge in [-0.25, -0.2) is 0 Å². The normalized spacial score (nSPS) is 10.6. The number of nitro groups is 1. The van der Waals surface area contributed by atoms with Gasteiger partial charge in [-0.2, -0.15) is 5.10 Å². The van der Waals surface area contributed by atoms with Gasteiger partial charge in [-0.1, -0.05) is 12.1 Å². The Balaban J connectivity index is 2.59. The van der Waals surface area contributed by atoms with Crippen molar-refractivity contribution >= 4 is 29.2 Å². The van der Waals surface area contributed by atoms with Gasteiger partial charge in [0.2, 0.25) is 0 Å². The maximum absolute atomic E-state index is 10.6. The first-order valence-electron chi connectivity index (χ1n) is 5.33. The van der Waals surface area contributed by atoms with E-state index in [-0.39, 0.29) is 11.7 Å². The molecule has 0 fully saturated rings. The molecule has 0 bridgehead atoms. The van der Waals surface area contributed by atoms with Crippen LogP contribution in [0.4, 0.5) is 5.69 Å². The lowest BCUT2D eigenvalue weighted by atomic mass is 10.2. The van der Waals surface area contributed by atoms with Crippen LogP contribution in [0.2, 0.25) is 0 Å². The number of non-ortho nitro benzene ring substituents is 1. The fourth-order valence-corrected chi connectivity index (χ4v) is 1.47. The summed E-state index contributed by atoms with van der Waals surface area (Å²) < 4.78 is 0. The Morgan fingerprint density at radius 2 is 2.28 bits per heavy atom. The van der Waals surface area contributed by atoms with Gasteiger partial charge in [0.15, 0.2) is 5.11 Å². The molecule has 0 saturated carbocycles. The Labute approximate surface area is 110 Å². The van der Waals surface area contributed by atoms with Gasteiger partial charge in [-0.3, -0.25) is 15.5 Å². The van der Waals surface area contributed by atoms with Gasteiger partial charge >= 0.3 is 0 Å². The summed E-state index contributed by atoms with van der Waals surface area (Å²) in [7, 11) is 0. The summed E-state index contributed by atoms with van der Waals surface area (Å²) in [5.74, 6) is 0.